The lowest BCUT2D eigenvalue weighted by molar-refractivity contribution is -0.121. The number of nitrogens with zero attached hydrogens (tertiary/aromatic N) is 1. The van der Waals surface area contributed by atoms with Crippen LogP contribution in [-0.2, 0) is 21.4 Å². The summed E-state index contributed by atoms with van der Waals surface area (Å²) in [5, 5.41) is 2.72. The highest BCUT2D eigenvalue weighted by Crippen LogP contribution is 2.17. The molecule has 2 aromatic carbocycles. The second kappa shape index (κ2) is 9.16. The predicted molar refractivity (Wildman–Crippen MR) is 103 cm³/mol. The van der Waals surface area contributed by atoms with Crippen molar-refractivity contribution in [3.63, 3.8) is 0 Å². The first kappa shape index (κ1) is 20.4. The molecule has 26 heavy (non-hydrogen) atoms. The molecule has 6 nitrogen and oxygen atoms in total. The Morgan fingerprint density at radius 1 is 1.19 bits per heavy atom. The minimum Gasteiger partial charge on any atom is -0.494 e. The maximum atomic E-state index is 12.5. The van der Waals surface area contributed by atoms with Gasteiger partial charge in [0, 0.05) is 18.1 Å². The van der Waals surface area contributed by atoms with Crippen LogP contribution in [0.15, 0.2) is 57.9 Å². The van der Waals surface area contributed by atoms with Crippen molar-refractivity contribution in [3.05, 3.63) is 58.6 Å². The largest absolute Gasteiger partial charge is 0.494 e. The van der Waals surface area contributed by atoms with Crippen molar-refractivity contribution < 1.29 is 17.9 Å². The summed E-state index contributed by atoms with van der Waals surface area (Å²) in [6.07, 6.45) is 0. The molecule has 0 unspecified atom stereocenters. The van der Waals surface area contributed by atoms with Crippen LogP contribution < -0.4 is 10.1 Å². The van der Waals surface area contributed by atoms with Gasteiger partial charge in [0.15, 0.2) is 0 Å². The summed E-state index contributed by atoms with van der Waals surface area (Å²) in [6.45, 7) is 2.50. The van der Waals surface area contributed by atoms with Gasteiger partial charge in [-0.15, -0.1) is 0 Å². The van der Waals surface area contributed by atoms with Gasteiger partial charge in [-0.3, -0.25) is 4.79 Å². The van der Waals surface area contributed by atoms with Crippen LogP contribution in [0.3, 0.4) is 0 Å². The topological polar surface area (TPSA) is 75.7 Å². The molecule has 0 fully saturated rings. The fraction of sp³-hybridized carbons (Fsp3) is 0.278. The molecule has 0 saturated heterocycles. The molecule has 0 heterocycles. The van der Waals surface area contributed by atoms with Crippen LogP contribution in [0.4, 0.5) is 0 Å². The standard InChI is InChI=1S/C18H21BrN2O4S/c1-3-25-16-6-4-5-14(11-16)12-20-18(22)13-21(2)26(23,24)17-9-7-15(19)8-10-17/h4-11H,3,12-13H2,1-2H3,(H,20,22). The highest BCUT2D eigenvalue weighted by molar-refractivity contribution is 9.10. The molecular weight excluding hydrogens is 420 g/mol. The molecule has 0 aromatic heterocycles. The Balaban J connectivity index is 1.94. The zero-order valence-corrected chi connectivity index (χ0v) is 17.0. The van der Waals surface area contributed by atoms with Gasteiger partial charge in [-0.25, -0.2) is 8.42 Å². The average Bonchev–Trinajstić information content (AvgIpc) is 2.61. The van der Waals surface area contributed by atoms with E-state index >= 15 is 0 Å². The quantitative estimate of drug-likeness (QED) is 0.684. The predicted octanol–water partition coefficient (Wildman–Crippen LogP) is 2.78. The van der Waals surface area contributed by atoms with Crippen molar-refractivity contribution in [2.45, 2.75) is 18.4 Å². The van der Waals surface area contributed by atoms with Crippen molar-refractivity contribution in [2.75, 3.05) is 20.2 Å². The number of amides is 1. The van der Waals surface area contributed by atoms with E-state index in [1.807, 2.05) is 31.2 Å². The summed E-state index contributed by atoms with van der Waals surface area (Å²) in [5.41, 5.74) is 0.878. The smallest absolute Gasteiger partial charge is 0.243 e. The van der Waals surface area contributed by atoms with Crippen LogP contribution in [0.1, 0.15) is 12.5 Å². The van der Waals surface area contributed by atoms with Gasteiger partial charge in [0.25, 0.3) is 0 Å². The maximum absolute atomic E-state index is 12.5. The van der Waals surface area contributed by atoms with Gasteiger partial charge in [0.2, 0.25) is 15.9 Å². The number of nitrogens with one attached hydrogen (secondary N) is 1. The lowest BCUT2D eigenvalue weighted by Crippen LogP contribution is -2.38. The van der Waals surface area contributed by atoms with Gasteiger partial charge in [0.05, 0.1) is 18.0 Å². The molecule has 2 aromatic rings. The third-order valence-electron chi connectivity index (χ3n) is 3.59. The molecule has 8 heteroatoms. The molecule has 0 aliphatic carbocycles. The number of sulfonamides is 1. The van der Waals surface area contributed by atoms with Gasteiger partial charge in [-0.1, -0.05) is 28.1 Å². The summed E-state index contributed by atoms with van der Waals surface area (Å²) >= 11 is 3.27. The fourth-order valence-electron chi connectivity index (χ4n) is 2.24. The van der Waals surface area contributed by atoms with E-state index in [1.165, 1.54) is 19.2 Å². The number of carbonyl (C=O) groups excluding carboxylic acids is 1. The van der Waals surface area contributed by atoms with Crippen molar-refractivity contribution in [1.29, 1.82) is 0 Å². The molecule has 140 valence electrons. The first-order chi connectivity index (χ1) is 12.3. The number of benzene rings is 2. The summed E-state index contributed by atoms with van der Waals surface area (Å²) < 4.78 is 32.2. The number of ether oxygens (including phenoxy) is 1. The number of hydrogen-bond donors (Lipinski definition) is 1. The lowest BCUT2D eigenvalue weighted by atomic mass is 10.2. The van der Waals surface area contributed by atoms with E-state index in [0.29, 0.717) is 13.2 Å². The summed E-state index contributed by atoms with van der Waals surface area (Å²) in [5.74, 6) is 0.351. The number of likely N-dealkylation sites (N-methyl/N-ethyl adjacent to an activating group) is 1. The van der Waals surface area contributed by atoms with Crippen molar-refractivity contribution in [1.82, 2.24) is 9.62 Å². The highest BCUT2D eigenvalue weighted by atomic mass is 79.9. The van der Waals surface area contributed by atoms with Gasteiger partial charge >= 0.3 is 0 Å². The molecule has 0 aliphatic rings. The van der Waals surface area contributed by atoms with Crippen LogP contribution in [-0.4, -0.2) is 38.8 Å². The molecular formula is C18H21BrN2O4S. The van der Waals surface area contributed by atoms with Crippen molar-refractivity contribution >= 4 is 31.9 Å². The Morgan fingerprint density at radius 2 is 1.88 bits per heavy atom. The van der Waals surface area contributed by atoms with Gasteiger partial charge < -0.3 is 10.1 Å². The Kier molecular flexibility index (Phi) is 7.19. The number of carbonyl (C=O) groups is 1. The molecule has 0 aliphatic heterocycles. The SMILES string of the molecule is CCOc1cccc(CNC(=O)CN(C)S(=O)(=O)c2ccc(Br)cc2)c1. The molecule has 2 rings (SSSR count). The molecule has 0 spiro atoms. The normalized spacial score (nSPS) is 11.4. The van der Waals surface area contributed by atoms with Crippen LogP contribution in [0, 0.1) is 0 Å². The van der Waals surface area contributed by atoms with E-state index in [2.05, 4.69) is 21.2 Å². The number of halogens is 1. The van der Waals surface area contributed by atoms with Crippen molar-refractivity contribution in [3.8, 4) is 5.75 Å². The molecule has 0 atom stereocenters. The third-order valence-corrected chi connectivity index (χ3v) is 5.93. The van der Waals surface area contributed by atoms with Gasteiger partial charge in [0.1, 0.15) is 5.75 Å². The van der Waals surface area contributed by atoms with E-state index in [9.17, 15) is 13.2 Å². The molecule has 0 saturated carbocycles. The molecule has 0 radical (unpaired) electrons. The molecule has 1 amide bonds. The van der Waals surface area contributed by atoms with Crippen LogP contribution in [0.25, 0.3) is 0 Å². The molecule has 1 N–H and O–H groups in total. The lowest BCUT2D eigenvalue weighted by Gasteiger charge is -2.17. The Bertz CT molecular complexity index is 854. The van der Waals surface area contributed by atoms with E-state index in [0.717, 1.165) is 20.1 Å². The van der Waals surface area contributed by atoms with Crippen LogP contribution >= 0.6 is 15.9 Å². The van der Waals surface area contributed by atoms with E-state index < -0.39 is 10.0 Å². The third kappa shape index (κ3) is 5.55. The zero-order valence-electron chi connectivity index (χ0n) is 14.6. The Morgan fingerprint density at radius 3 is 2.54 bits per heavy atom. The van der Waals surface area contributed by atoms with E-state index in [-0.39, 0.29) is 17.3 Å². The highest BCUT2D eigenvalue weighted by Gasteiger charge is 2.22. The maximum Gasteiger partial charge on any atom is 0.243 e. The minimum atomic E-state index is -3.72. The number of hydrogen-bond acceptors (Lipinski definition) is 4. The minimum absolute atomic E-state index is 0.139. The van der Waals surface area contributed by atoms with Gasteiger partial charge in [-0.05, 0) is 48.9 Å². The second-order valence-corrected chi connectivity index (χ2v) is 8.53. The first-order valence-corrected chi connectivity index (χ1v) is 10.3. The van der Waals surface area contributed by atoms with Crippen LogP contribution in [0.2, 0.25) is 0 Å². The Labute approximate surface area is 162 Å². The van der Waals surface area contributed by atoms with Crippen LogP contribution in [0.5, 0.6) is 5.75 Å². The monoisotopic (exact) mass is 440 g/mol. The fourth-order valence-corrected chi connectivity index (χ4v) is 3.63. The molecule has 0 bridgehead atoms. The van der Waals surface area contributed by atoms with Crippen molar-refractivity contribution in [2.24, 2.45) is 0 Å². The first-order valence-electron chi connectivity index (χ1n) is 8.03. The number of rotatable bonds is 8. The van der Waals surface area contributed by atoms with E-state index in [1.54, 1.807) is 12.1 Å². The average molecular weight is 441 g/mol. The van der Waals surface area contributed by atoms with Gasteiger partial charge in [-0.2, -0.15) is 4.31 Å². The zero-order chi connectivity index (χ0) is 19.2. The Hall–Kier alpha value is -1.90. The van der Waals surface area contributed by atoms with E-state index in [4.69, 9.17) is 4.74 Å². The summed E-state index contributed by atoms with van der Waals surface area (Å²) in [4.78, 5) is 12.3. The summed E-state index contributed by atoms with van der Waals surface area (Å²) in [6, 6.07) is 13.7. The summed E-state index contributed by atoms with van der Waals surface area (Å²) in [7, 11) is -2.33. The second-order valence-electron chi connectivity index (χ2n) is 5.57.